The predicted molar refractivity (Wildman–Crippen MR) is 180 cm³/mol. The van der Waals surface area contributed by atoms with Crippen LogP contribution in [0.5, 0.6) is 17.2 Å². The third-order valence-corrected chi connectivity index (χ3v) is 9.12. The number of benzene rings is 2. The smallest absolute Gasteiger partial charge is 0.224 e. The lowest BCUT2D eigenvalue weighted by Crippen LogP contribution is -2.26. The first kappa shape index (κ1) is 31.8. The molecule has 3 aromatic carbocycles. The summed E-state index contributed by atoms with van der Waals surface area (Å²) in [6, 6.07) is 14.2. The summed E-state index contributed by atoms with van der Waals surface area (Å²) < 4.78 is 23.7. The minimum absolute atomic E-state index is 0.0520. The average Bonchev–Trinajstić information content (AvgIpc) is 3.57. The van der Waals surface area contributed by atoms with Gasteiger partial charge < -0.3 is 29.3 Å². The van der Waals surface area contributed by atoms with Gasteiger partial charge in [-0.1, -0.05) is 30.3 Å². The number of aryl methyl sites for hydroxylation is 2. The van der Waals surface area contributed by atoms with Crippen molar-refractivity contribution < 1.29 is 28.2 Å². The van der Waals surface area contributed by atoms with E-state index in [-0.39, 0.29) is 35.8 Å². The molecule has 2 amide bonds. The zero-order valence-corrected chi connectivity index (χ0v) is 27.6. The Morgan fingerprint density at radius 3 is 2.47 bits per heavy atom. The van der Waals surface area contributed by atoms with E-state index in [1.54, 1.807) is 14.2 Å². The topological polar surface area (TPSA) is 129 Å². The number of fused-ring (bicyclic) bond motifs is 4. The highest BCUT2D eigenvalue weighted by Gasteiger charge is 2.31. The fraction of sp³-hybridized carbons (Fsp3) is 0.278. The molecular formula is C36H35N3O7S. The molecule has 47 heavy (non-hydrogen) atoms. The predicted octanol–water partition coefficient (Wildman–Crippen LogP) is 5.90. The summed E-state index contributed by atoms with van der Waals surface area (Å²) in [6.07, 6.45) is 1.02. The van der Waals surface area contributed by atoms with Gasteiger partial charge in [-0.3, -0.25) is 14.4 Å². The van der Waals surface area contributed by atoms with Crippen LogP contribution in [0.2, 0.25) is 0 Å². The number of thiazole rings is 1. The standard InChI is InChI=1S/C36H35N3O7S/c1-19(40)38-28-12-11-22-13-30(43-3)35(44-4)36(45-5)32(22)25-14-26-27(16-31(42)37-17-23-18-47-20(2)39-23)33(21-9-7-6-8-10-21)46-34(26)29(41)15-24(25)28/h6-10,13-15,18,28H,11-12,16-17H2,1-5H3,(H,37,42)(H,38,40)/t28-/m0/s1. The Bertz CT molecular complexity index is 2050. The number of hydrogen-bond donors (Lipinski definition) is 2. The SMILES string of the molecule is COc1cc2c(c(OC)c1OC)-c1cc3c(CC(=O)NCc4csc(C)n4)c(-c4ccccc4)oc3c(=O)cc1[C@@H](NC(C)=O)CC2. The number of hydrogen-bond acceptors (Lipinski definition) is 9. The number of rotatable bonds is 9. The van der Waals surface area contributed by atoms with Gasteiger partial charge in [-0.15, -0.1) is 11.3 Å². The number of aromatic nitrogens is 1. The van der Waals surface area contributed by atoms with Gasteiger partial charge in [0.2, 0.25) is 23.0 Å². The third kappa shape index (κ3) is 6.18. The Morgan fingerprint density at radius 1 is 1.04 bits per heavy atom. The van der Waals surface area contributed by atoms with Crippen LogP contribution in [-0.2, 0) is 29.0 Å². The lowest BCUT2D eigenvalue weighted by molar-refractivity contribution is -0.121. The molecule has 1 atom stereocenters. The van der Waals surface area contributed by atoms with E-state index in [0.29, 0.717) is 63.5 Å². The van der Waals surface area contributed by atoms with Gasteiger partial charge in [0.25, 0.3) is 0 Å². The molecular weight excluding hydrogens is 618 g/mol. The first-order chi connectivity index (χ1) is 22.7. The van der Waals surface area contributed by atoms with Gasteiger partial charge in [0, 0.05) is 34.4 Å². The number of carbonyl (C=O) groups excluding carboxylic acids is 2. The fourth-order valence-electron chi connectivity index (χ4n) is 6.28. The molecule has 1 aliphatic carbocycles. The lowest BCUT2D eigenvalue weighted by atomic mass is 9.94. The molecule has 2 N–H and O–H groups in total. The maximum absolute atomic E-state index is 14.1. The second kappa shape index (κ2) is 13.3. The van der Waals surface area contributed by atoms with Crippen LogP contribution in [-0.4, -0.2) is 38.1 Å². The van der Waals surface area contributed by atoms with E-state index in [9.17, 15) is 14.4 Å². The number of amides is 2. The van der Waals surface area contributed by atoms with Crippen LogP contribution in [0.1, 0.15) is 46.8 Å². The van der Waals surface area contributed by atoms with Crippen LogP contribution in [0.3, 0.4) is 0 Å². The molecule has 5 aromatic rings. The molecule has 0 bridgehead atoms. The van der Waals surface area contributed by atoms with E-state index in [1.807, 2.05) is 54.8 Å². The van der Waals surface area contributed by atoms with E-state index in [2.05, 4.69) is 15.6 Å². The highest BCUT2D eigenvalue weighted by atomic mass is 32.1. The quantitative estimate of drug-likeness (QED) is 0.201. The van der Waals surface area contributed by atoms with Gasteiger partial charge in [0.05, 0.1) is 51.0 Å². The molecule has 0 radical (unpaired) electrons. The largest absolute Gasteiger partial charge is 0.493 e. The van der Waals surface area contributed by atoms with E-state index in [4.69, 9.17) is 18.6 Å². The van der Waals surface area contributed by atoms with Crippen molar-refractivity contribution in [3.63, 3.8) is 0 Å². The Hall–Kier alpha value is -5.16. The van der Waals surface area contributed by atoms with Crippen molar-refractivity contribution in [3.8, 4) is 39.7 Å². The minimum atomic E-state index is -0.484. The van der Waals surface area contributed by atoms with Gasteiger partial charge in [-0.2, -0.15) is 0 Å². The highest BCUT2D eigenvalue weighted by Crippen LogP contribution is 2.51. The summed E-state index contributed by atoms with van der Waals surface area (Å²) in [6.45, 7) is 3.64. The zero-order valence-electron chi connectivity index (χ0n) is 26.8. The second-order valence-electron chi connectivity index (χ2n) is 11.3. The zero-order chi connectivity index (χ0) is 33.2. The number of ether oxygens (including phenoxy) is 3. The number of nitrogens with zero attached hydrogens (tertiary/aromatic N) is 1. The molecule has 0 fully saturated rings. The molecule has 0 saturated heterocycles. The summed E-state index contributed by atoms with van der Waals surface area (Å²) >= 11 is 1.52. The van der Waals surface area contributed by atoms with Crippen molar-refractivity contribution in [1.29, 1.82) is 0 Å². The number of carbonyl (C=O) groups is 2. The summed E-state index contributed by atoms with van der Waals surface area (Å²) in [4.78, 5) is 44.4. The molecule has 0 aliphatic heterocycles. The maximum Gasteiger partial charge on any atom is 0.224 e. The Morgan fingerprint density at radius 2 is 1.81 bits per heavy atom. The molecule has 6 rings (SSSR count). The molecule has 0 spiro atoms. The van der Waals surface area contributed by atoms with Crippen molar-refractivity contribution in [2.24, 2.45) is 0 Å². The van der Waals surface area contributed by atoms with Crippen LogP contribution >= 0.6 is 11.3 Å². The van der Waals surface area contributed by atoms with Crippen molar-refractivity contribution in [2.75, 3.05) is 21.3 Å². The average molecular weight is 654 g/mol. The Labute approximate surface area is 275 Å². The van der Waals surface area contributed by atoms with Crippen molar-refractivity contribution >= 4 is 34.1 Å². The Kier molecular flexibility index (Phi) is 8.99. The van der Waals surface area contributed by atoms with Crippen LogP contribution in [0.15, 0.2) is 63.1 Å². The molecule has 0 saturated carbocycles. The minimum Gasteiger partial charge on any atom is -0.493 e. The van der Waals surface area contributed by atoms with Crippen LogP contribution < -0.4 is 30.3 Å². The first-order valence-electron chi connectivity index (χ1n) is 15.2. The van der Waals surface area contributed by atoms with Gasteiger partial charge in [-0.05, 0) is 54.7 Å². The molecule has 2 aromatic heterocycles. The van der Waals surface area contributed by atoms with Crippen LogP contribution in [0.25, 0.3) is 33.4 Å². The number of methoxy groups -OCH3 is 3. The first-order valence-corrected chi connectivity index (χ1v) is 16.1. The number of nitrogens with one attached hydrogen (secondary N) is 2. The molecule has 1 aliphatic rings. The second-order valence-corrected chi connectivity index (χ2v) is 12.4. The summed E-state index contributed by atoms with van der Waals surface area (Å²) in [5.41, 5.74) is 4.67. The van der Waals surface area contributed by atoms with E-state index in [1.165, 1.54) is 31.4 Å². The van der Waals surface area contributed by atoms with Crippen LogP contribution in [0, 0.1) is 6.92 Å². The molecule has 2 heterocycles. The number of furan rings is 1. The monoisotopic (exact) mass is 653 g/mol. The van der Waals surface area contributed by atoms with E-state index >= 15 is 0 Å². The molecule has 0 unspecified atom stereocenters. The summed E-state index contributed by atoms with van der Waals surface area (Å²) in [7, 11) is 4.65. The van der Waals surface area contributed by atoms with Gasteiger partial charge >= 0.3 is 0 Å². The Balaban J connectivity index is 1.62. The molecule has 11 heteroatoms. The van der Waals surface area contributed by atoms with Crippen molar-refractivity contribution in [2.45, 2.75) is 45.7 Å². The highest BCUT2D eigenvalue weighted by molar-refractivity contribution is 7.09. The molecule has 10 nitrogen and oxygen atoms in total. The van der Waals surface area contributed by atoms with Gasteiger partial charge in [0.15, 0.2) is 17.1 Å². The van der Waals surface area contributed by atoms with Crippen molar-refractivity contribution in [3.05, 3.63) is 91.5 Å². The van der Waals surface area contributed by atoms with E-state index in [0.717, 1.165) is 21.8 Å². The van der Waals surface area contributed by atoms with E-state index < -0.39 is 6.04 Å². The summed E-state index contributed by atoms with van der Waals surface area (Å²) in [5, 5.41) is 9.32. The van der Waals surface area contributed by atoms with Crippen molar-refractivity contribution in [1.82, 2.24) is 15.6 Å². The van der Waals surface area contributed by atoms with Gasteiger partial charge in [-0.25, -0.2) is 4.98 Å². The third-order valence-electron chi connectivity index (χ3n) is 8.30. The summed E-state index contributed by atoms with van der Waals surface area (Å²) in [5.74, 6) is 1.29. The van der Waals surface area contributed by atoms with Crippen LogP contribution in [0.4, 0.5) is 0 Å². The maximum atomic E-state index is 14.1. The molecule has 242 valence electrons. The lowest BCUT2D eigenvalue weighted by Gasteiger charge is -2.20. The normalized spacial score (nSPS) is 13.7. The fourth-order valence-corrected chi connectivity index (χ4v) is 6.89. The van der Waals surface area contributed by atoms with Gasteiger partial charge in [0.1, 0.15) is 5.76 Å².